The molecule has 0 spiro atoms. The van der Waals surface area contributed by atoms with Gasteiger partial charge in [-0.1, -0.05) is 0 Å². The summed E-state index contributed by atoms with van der Waals surface area (Å²) in [6.07, 6.45) is 1.76. The van der Waals surface area contributed by atoms with E-state index in [4.69, 9.17) is 5.73 Å². The van der Waals surface area contributed by atoms with E-state index in [1.807, 2.05) is 24.7 Å². The quantitative estimate of drug-likeness (QED) is 0.586. The molecule has 1 atom stereocenters. The Morgan fingerprint density at radius 3 is 2.93 bits per heavy atom. The first-order valence-corrected chi connectivity index (χ1v) is 4.86. The SMILES string of the molecule is CC(NCCNC(N)=O)c1ccnn1C. The molecule has 0 aliphatic heterocycles. The highest BCUT2D eigenvalue weighted by atomic mass is 16.2. The van der Waals surface area contributed by atoms with E-state index in [0.717, 1.165) is 5.69 Å². The van der Waals surface area contributed by atoms with Crippen molar-refractivity contribution in [1.29, 1.82) is 0 Å². The minimum atomic E-state index is -0.495. The molecule has 4 N–H and O–H groups in total. The molecule has 6 heteroatoms. The van der Waals surface area contributed by atoms with Crippen LogP contribution >= 0.6 is 0 Å². The summed E-state index contributed by atoms with van der Waals surface area (Å²) in [6.45, 7) is 3.24. The largest absolute Gasteiger partial charge is 0.352 e. The topological polar surface area (TPSA) is 85.0 Å². The number of nitrogens with zero attached hydrogens (tertiary/aromatic N) is 2. The van der Waals surface area contributed by atoms with Crippen molar-refractivity contribution in [3.63, 3.8) is 0 Å². The predicted molar refractivity (Wildman–Crippen MR) is 57.2 cm³/mol. The van der Waals surface area contributed by atoms with E-state index < -0.39 is 6.03 Å². The zero-order valence-corrected chi connectivity index (χ0v) is 9.03. The Balaban J connectivity index is 2.28. The summed E-state index contributed by atoms with van der Waals surface area (Å²) < 4.78 is 1.82. The molecule has 15 heavy (non-hydrogen) atoms. The highest BCUT2D eigenvalue weighted by molar-refractivity contribution is 5.71. The number of amides is 2. The molecule has 0 saturated heterocycles. The zero-order chi connectivity index (χ0) is 11.3. The van der Waals surface area contributed by atoms with Crippen LogP contribution in [-0.2, 0) is 7.05 Å². The maximum Gasteiger partial charge on any atom is 0.312 e. The standard InChI is InChI=1S/C9H17N5O/c1-7(8-3-4-13-14(8)2)11-5-6-12-9(10)15/h3-4,7,11H,5-6H2,1-2H3,(H3,10,12,15). The lowest BCUT2D eigenvalue weighted by molar-refractivity contribution is 0.249. The number of carbonyl (C=O) groups is 1. The van der Waals surface area contributed by atoms with Crippen molar-refractivity contribution in [2.24, 2.45) is 12.8 Å². The van der Waals surface area contributed by atoms with E-state index in [0.29, 0.717) is 13.1 Å². The van der Waals surface area contributed by atoms with Crippen molar-refractivity contribution in [2.45, 2.75) is 13.0 Å². The Bertz CT molecular complexity index is 322. The predicted octanol–water partition coefficient (Wildman–Crippen LogP) is -0.261. The van der Waals surface area contributed by atoms with Gasteiger partial charge in [0.2, 0.25) is 0 Å². The number of aromatic nitrogens is 2. The van der Waals surface area contributed by atoms with Crippen LogP contribution < -0.4 is 16.4 Å². The van der Waals surface area contributed by atoms with Crippen LogP contribution in [0.5, 0.6) is 0 Å². The van der Waals surface area contributed by atoms with Gasteiger partial charge in [-0.2, -0.15) is 5.10 Å². The molecule has 0 saturated carbocycles. The molecule has 84 valence electrons. The third kappa shape index (κ3) is 3.59. The number of carbonyl (C=O) groups excluding carboxylic acids is 1. The number of hydrogen-bond acceptors (Lipinski definition) is 3. The van der Waals surface area contributed by atoms with Crippen molar-refractivity contribution in [3.8, 4) is 0 Å². The van der Waals surface area contributed by atoms with Gasteiger partial charge in [-0.25, -0.2) is 4.79 Å². The van der Waals surface area contributed by atoms with E-state index in [9.17, 15) is 4.79 Å². The van der Waals surface area contributed by atoms with Gasteiger partial charge in [-0.3, -0.25) is 4.68 Å². The molecule has 0 aliphatic carbocycles. The Labute approximate surface area is 88.8 Å². The highest BCUT2D eigenvalue weighted by Gasteiger charge is 2.07. The lowest BCUT2D eigenvalue weighted by Gasteiger charge is -2.13. The number of urea groups is 1. The van der Waals surface area contributed by atoms with Crippen molar-refractivity contribution in [2.75, 3.05) is 13.1 Å². The van der Waals surface area contributed by atoms with E-state index in [1.54, 1.807) is 6.20 Å². The molecule has 0 radical (unpaired) electrons. The monoisotopic (exact) mass is 211 g/mol. The normalized spacial score (nSPS) is 12.4. The highest BCUT2D eigenvalue weighted by Crippen LogP contribution is 2.08. The van der Waals surface area contributed by atoms with Crippen LogP contribution in [-0.4, -0.2) is 28.9 Å². The second kappa shape index (κ2) is 5.35. The summed E-state index contributed by atoms with van der Waals surface area (Å²) in [7, 11) is 1.90. The van der Waals surface area contributed by atoms with Gasteiger partial charge in [0.05, 0.1) is 5.69 Å². The fourth-order valence-electron chi connectivity index (χ4n) is 1.39. The molecular formula is C9H17N5O. The fourth-order valence-corrected chi connectivity index (χ4v) is 1.39. The third-order valence-electron chi connectivity index (χ3n) is 2.18. The van der Waals surface area contributed by atoms with Gasteiger partial charge in [0.1, 0.15) is 0 Å². The van der Waals surface area contributed by atoms with Gasteiger partial charge in [0.25, 0.3) is 0 Å². The lowest BCUT2D eigenvalue weighted by Crippen LogP contribution is -2.36. The molecule has 1 heterocycles. The number of primary amides is 1. The summed E-state index contributed by atoms with van der Waals surface area (Å²) >= 11 is 0. The number of hydrogen-bond donors (Lipinski definition) is 3. The van der Waals surface area contributed by atoms with Crippen LogP contribution in [0.3, 0.4) is 0 Å². The molecular weight excluding hydrogens is 194 g/mol. The molecule has 1 rings (SSSR count). The summed E-state index contributed by atoms with van der Waals surface area (Å²) in [6, 6.07) is 1.66. The Hall–Kier alpha value is -1.56. The Morgan fingerprint density at radius 2 is 2.40 bits per heavy atom. The summed E-state index contributed by atoms with van der Waals surface area (Å²) in [5.74, 6) is 0. The first-order chi connectivity index (χ1) is 7.11. The molecule has 0 fully saturated rings. The van der Waals surface area contributed by atoms with Crippen molar-refractivity contribution >= 4 is 6.03 Å². The molecule has 6 nitrogen and oxygen atoms in total. The van der Waals surface area contributed by atoms with Crippen LogP contribution in [0.1, 0.15) is 18.7 Å². The van der Waals surface area contributed by atoms with Crippen LogP contribution in [0.4, 0.5) is 4.79 Å². The third-order valence-corrected chi connectivity index (χ3v) is 2.18. The van der Waals surface area contributed by atoms with Crippen molar-refractivity contribution in [1.82, 2.24) is 20.4 Å². The average Bonchev–Trinajstić information content (AvgIpc) is 2.58. The maximum atomic E-state index is 10.4. The van der Waals surface area contributed by atoms with E-state index >= 15 is 0 Å². The second-order valence-electron chi connectivity index (χ2n) is 3.35. The molecule has 1 aromatic rings. The number of nitrogens with one attached hydrogen (secondary N) is 2. The molecule has 0 aliphatic rings. The molecule has 0 bridgehead atoms. The smallest absolute Gasteiger partial charge is 0.312 e. The number of aryl methyl sites for hydroxylation is 1. The number of nitrogens with two attached hydrogens (primary N) is 1. The van der Waals surface area contributed by atoms with Gasteiger partial charge in [-0.05, 0) is 13.0 Å². The first-order valence-electron chi connectivity index (χ1n) is 4.86. The van der Waals surface area contributed by atoms with Gasteiger partial charge in [0.15, 0.2) is 0 Å². The number of rotatable bonds is 5. The van der Waals surface area contributed by atoms with Crippen LogP contribution in [0, 0.1) is 0 Å². The maximum absolute atomic E-state index is 10.4. The van der Waals surface area contributed by atoms with Crippen molar-refractivity contribution in [3.05, 3.63) is 18.0 Å². The summed E-state index contributed by atoms with van der Waals surface area (Å²) in [4.78, 5) is 10.4. The minimum Gasteiger partial charge on any atom is -0.352 e. The van der Waals surface area contributed by atoms with E-state index in [1.165, 1.54) is 0 Å². The lowest BCUT2D eigenvalue weighted by atomic mass is 10.2. The molecule has 1 aromatic heterocycles. The van der Waals surface area contributed by atoms with Crippen LogP contribution in [0.15, 0.2) is 12.3 Å². The van der Waals surface area contributed by atoms with E-state index in [2.05, 4.69) is 15.7 Å². The Kier molecular flexibility index (Phi) is 4.11. The fraction of sp³-hybridized carbons (Fsp3) is 0.556. The summed E-state index contributed by atoms with van der Waals surface area (Å²) in [5.41, 5.74) is 6.04. The van der Waals surface area contributed by atoms with Gasteiger partial charge >= 0.3 is 6.03 Å². The van der Waals surface area contributed by atoms with Crippen LogP contribution in [0.25, 0.3) is 0 Å². The second-order valence-corrected chi connectivity index (χ2v) is 3.35. The first kappa shape index (κ1) is 11.5. The zero-order valence-electron chi connectivity index (χ0n) is 9.03. The van der Waals surface area contributed by atoms with Crippen LogP contribution in [0.2, 0.25) is 0 Å². The van der Waals surface area contributed by atoms with Gasteiger partial charge in [0, 0.05) is 32.4 Å². The van der Waals surface area contributed by atoms with Gasteiger partial charge in [-0.15, -0.1) is 0 Å². The minimum absolute atomic E-state index is 0.201. The average molecular weight is 211 g/mol. The van der Waals surface area contributed by atoms with Crippen molar-refractivity contribution < 1.29 is 4.79 Å². The molecule has 0 aromatic carbocycles. The Morgan fingerprint density at radius 1 is 1.67 bits per heavy atom. The van der Waals surface area contributed by atoms with Gasteiger partial charge < -0.3 is 16.4 Å². The molecule has 2 amide bonds. The van der Waals surface area contributed by atoms with E-state index in [-0.39, 0.29) is 6.04 Å². The summed E-state index contributed by atoms with van der Waals surface area (Å²) in [5, 5.41) is 9.85. The molecule has 1 unspecified atom stereocenters.